The van der Waals surface area contributed by atoms with Gasteiger partial charge in [0.05, 0.1) is 32.7 Å². The number of nitrogens with one attached hydrogen (secondary N) is 1. The molecule has 2 aromatic heterocycles. The molecule has 0 unspecified atom stereocenters. The van der Waals surface area contributed by atoms with E-state index in [1.54, 1.807) is 36.4 Å². The highest BCUT2D eigenvalue weighted by molar-refractivity contribution is 6.08. The van der Waals surface area contributed by atoms with Gasteiger partial charge in [0.1, 0.15) is 11.3 Å². The number of hydrogen-bond acceptors (Lipinski definition) is 6. The third kappa shape index (κ3) is 4.84. The highest BCUT2D eigenvalue weighted by atomic mass is 19.4. The van der Waals surface area contributed by atoms with Crippen molar-refractivity contribution in [3.05, 3.63) is 66.0 Å². The minimum Gasteiger partial charge on any atom is -0.494 e. The van der Waals surface area contributed by atoms with Gasteiger partial charge in [-0.15, -0.1) is 0 Å². The van der Waals surface area contributed by atoms with Crippen LogP contribution in [0.2, 0.25) is 0 Å². The Labute approximate surface area is 198 Å². The normalized spacial score (nSPS) is 11.4. The van der Waals surface area contributed by atoms with Crippen LogP contribution in [-0.4, -0.2) is 41.3 Å². The van der Waals surface area contributed by atoms with Gasteiger partial charge in [0.15, 0.2) is 22.8 Å². The van der Waals surface area contributed by atoms with E-state index in [-0.39, 0.29) is 16.9 Å². The maximum Gasteiger partial charge on any atom is 0.433 e. The number of rotatable bonds is 7. The Morgan fingerprint density at radius 2 is 1.74 bits per heavy atom. The lowest BCUT2D eigenvalue weighted by molar-refractivity contribution is -0.142. The second kappa shape index (κ2) is 9.53. The van der Waals surface area contributed by atoms with Gasteiger partial charge in [0.2, 0.25) is 0 Å². The molecule has 0 aliphatic heterocycles. The minimum atomic E-state index is -4.75. The SMILES string of the molecule is CCOc1ccc(NC(=O)c2cnn3c(C(F)(F)F)cc(-c4ccc(OC)c(OC)c4)nc23)cc1. The number of amides is 1. The lowest BCUT2D eigenvalue weighted by Crippen LogP contribution is -2.15. The number of hydrogen-bond donors (Lipinski definition) is 1. The molecule has 0 aliphatic carbocycles. The fraction of sp³-hybridized carbons (Fsp3) is 0.208. The smallest absolute Gasteiger partial charge is 0.433 e. The molecule has 2 heterocycles. The van der Waals surface area contributed by atoms with Crippen molar-refractivity contribution in [3.63, 3.8) is 0 Å². The monoisotopic (exact) mass is 486 g/mol. The van der Waals surface area contributed by atoms with Crippen LogP contribution in [0.4, 0.5) is 18.9 Å². The van der Waals surface area contributed by atoms with Crippen LogP contribution in [0.1, 0.15) is 23.0 Å². The maximum absolute atomic E-state index is 13.9. The predicted molar refractivity (Wildman–Crippen MR) is 122 cm³/mol. The largest absolute Gasteiger partial charge is 0.494 e. The van der Waals surface area contributed by atoms with Crippen LogP contribution in [-0.2, 0) is 6.18 Å². The number of nitrogens with zero attached hydrogens (tertiary/aromatic N) is 3. The highest BCUT2D eigenvalue weighted by Crippen LogP contribution is 2.36. The van der Waals surface area contributed by atoms with Gasteiger partial charge >= 0.3 is 6.18 Å². The molecule has 0 radical (unpaired) electrons. The van der Waals surface area contributed by atoms with Crippen molar-refractivity contribution in [2.75, 3.05) is 26.1 Å². The van der Waals surface area contributed by atoms with Gasteiger partial charge < -0.3 is 19.5 Å². The summed E-state index contributed by atoms with van der Waals surface area (Å²) in [5.74, 6) is 0.696. The average molecular weight is 486 g/mol. The lowest BCUT2D eigenvalue weighted by Gasteiger charge is -2.13. The Balaban J connectivity index is 1.78. The summed E-state index contributed by atoms with van der Waals surface area (Å²) < 4.78 is 58.1. The van der Waals surface area contributed by atoms with E-state index >= 15 is 0 Å². The average Bonchev–Trinajstić information content (AvgIpc) is 3.28. The molecule has 2 aromatic carbocycles. The van der Waals surface area contributed by atoms with Crippen molar-refractivity contribution < 1.29 is 32.2 Å². The van der Waals surface area contributed by atoms with Crippen molar-refractivity contribution in [2.45, 2.75) is 13.1 Å². The van der Waals surface area contributed by atoms with Gasteiger partial charge in [-0.3, -0.25) is 4.79 Å². The van der Waals surface area contributed by atoms with Gasteiger partial charge in [-0.1, -0.05) is 0 Å². The number of fused-ring (bicyclic) bond motifs is 1. The number of halogens is 3. The summed E-state index contributed by atoms with van der Waals surface area (Å²) in [6.45, 7) is 2.34. The summed E-state index contributed by atoms with van der Waals surface area (Å²) >= 11 is 0. The van der Waals surface area contributed by atoms with Gasteiger partial charge in [0, 0.05) is 11.3 Å². The zero-order valence-electron chi connectivity index (χ0n) is 19.0. The topological polar surface area (TPSA) is 87.0 Å². The van der Waals surface area contributed by atoms with Gasteiger partial charge in [-0.25, -0.2) is 9.50 Å². The van der Waals surface area contributed by atoms with Gasteiger partial charge in [-0.05, 0) is 55.5 Å². The Morgan fingerprint density at radius 1 is 1.03 bits per heavy atom. The van der Waals surface area contributed by atoms with Crippen LogP contribution < -0.4 is 19.5 Å². The summed E-state index contributed by atoms with van der Waals surface area (Å²) in [6.07, 6.45) is -3.69. The molecule has 0 saturated carbocycles. The van der Waals surface area contributed by atoms with Gasteiger partial charge in [0.25, 0.3) is 5.91 Å². The summed E-state index contributed by atoms with van der Waals surface area (Å²) in [7, 11) is 2.87. The molecule has 0 spiro atoms. The fourth-order valence-corrected chi connectivity index (χ4v) is 3.47. The Hall–Kier alpha value is -4.28. The molecule has 0 bridgehead atoms. The van der Waals surface area contributed by atoms with Crippen LogP contribution in [0.5, 0.6) is 17.2 Å². The second-order valence-corrected chi connectivity index (χ2v) is 7.30. The van der Waals surface area contributed by atoms with E-state index in [9.17, 15) is 18.0 Å². The zero-order valence-corrected chi connectivity index (χ0v) is 19.0. The summed E-state index contributed by atoms with van der Waals surface area (Å²) in [5.41, 5.74) is -0.673. The molecule has 1 N–H and O–H groups in total. The molecule has 4 aromatic rings. The summed E-state index contributed by atoms with van der Waals surface area (Å²) in [5, 5.41) is 6.44. The molecule has 182 valence electrons. The molecule has 0 fully saturated rings. The number of alkyl halides is 3. The van der Waals surface area contributed by atoms with Crippen LogP contribution in [0, 0.1) is 0 Å². The molecule has 1 amide bonds. The first-order chi connectivity index (χ1) is 16.7. The quantitative estimate of drug-likeness (QED) is 0.392. The van der Waals surface area contributed by atoms with E-state index in [4.69, 9.17) is 14.2 Å². The second-order valence-electron chi connectivity index (χ2n) is 7.30. The third-order valence-corrected chi connectivity index (χ3v) is 5.11. The first kappa shape index (κ1) is 23.9. The molecule has 11 heteroatoms. The molecular formula is C24H21F3N4O4. The standard InChI is InChI=1S/C24H21F3N4O4/c1-4-35-16-8-6-15(7-9-16)29-23(32)17-13-28-31-21(24(25,26)27)12-18(30-22(17)31)14-5-10-19(33-2)20(11-14)34-3/h5-13H,4H2,1-3H3,(H,29,32). The number of benzene rings is 2. The molecule has 35 heavy (non-hydrogen) atoms. The van der Waals surface area contributed by atoms with Crippen molar-refractivity contribution >= 4 is 17.2 Å². The highest BCUT2D eigenvalue weighted by Gasteiger charge is 2.36. The molecule has 0 aliphatic rings. The zero-order chi connectivity index (χ0) is 25.2. The molecule has 0 saturated heterocycles. The van der Waals surface area contributed by atoms with Crippen molar-refractivity contribution in [1.29, 1.82) is 0 Å². The summed E-state index contributed by atoms with van der Waals surface area (Å²) in [4.78, 5) is 17.3. The number of anilines is 1. The van der Waals surface area contributed by atoms with E-state index in [0.717, 1.165) is 12.3 Å². The van der Waals surface area contributed by atoms with Crippen molar-refractivity contribution in [1.82, 2.24) is 14.6 Å². The van der Waals surface area contributed by atoms with Crippen molar-refractivity contribution in [2.24, 2.45) is 0 Å². The predicted octanol–water partition coefficient (Wildman–Crippen LogP) is 5.08. The molecule has 4 rings (SSSR count). The molecule has 8 nitrogen and oxygen atoms in total. The first-order valence-electron chi connectivity index (χ1n) is 10.5. The number of ether oxygens (including phenoxy) is 3. The maximum atomic E-state index is 13.9. The Bertz CT molecular complexity index is 1370. The fourth-order valence-electron chi connectivity index (χ4n) is 3.47. The first-order valence-corrected chi connectivity index (χ1v) is 10.5. The number of methoxy groups -OCH3 is 2. The number of carbonyl (C=O) groups is 1. The molecular weight excluding hydrogens is 465 g/mol. The van der Waals surface area contributed by atoms with Crippen molar-refractivity contribution in [3.8, 4) is 28.5 Å². The Kier molecular flexibility index (Phi) is 6.50. The van der Waals surface area contributed by atoms with Crippen LogP contribution in [0.15, 0.2) is 54.7 Å². The van der Waals surface area contributed by atoms with Crippen LogP contribution >= 0.6 is 0 Å². The number of carbonyl (C=O) groups excluding carboxylic acids is 1. The van der Waals surface area contributed by atoms with Gasteiger partial charge in [-0.2, -0.15) is 18.3 Å². The van der Waals surface area contributed by atoms with Crippen LogP contribution in [0.3, 0.4) is 0 Å². The van der Waals surface area contributed by atoms with E-state index in [2.05, 4.69) is 15.4 Å². The molecule has 0 atom stereocenters. The van der Waals surface area contributed by atoms with E-state index < -0.39 is 17.8 Å². The lowest BCUT2D eigenvalue weighted by atomic mass is 10.1. The van der Waals surface area contributed by atoms with E-state index in [1.807, 2.05) is 6.92 Å². The minimum absolute atomic E-state index is 0.0126. The van der Waals surface area contributed by atoms with Crippen LogP contribution in [0.25, 0.3) is 16.9 Å². The Morgan fingerprint density at radius 3 is 2.37 bits per heavy atom. The van der Waals surface area contributed by atoms with E-state index in [0.29, 0.717) is 39.6 Å². The van der Waals surface area contributed by atoms with E-state index in [1.165, 1.54) is 20.3 Å². The summed E-state index contributed by atoms with van der Waals surface area (Å²) in [6, 6.07) is 12.1. The third-order valence-electron chi connectivity index (χ3n) is 5.11. The number of aromatic nitrogens is 3.